The Labute approximate surface area is 105 Å². The Morgan fingerprint density at radius 2 is 2.06 bits per heavy atom. The smallest absolute Gasteiger partial charge is 0.268 e. The van der Waals surface area contributed by atoms with E-state index in [1.165, 1.54) is 7.11 Å². The van der Waals surface area contributed by atoms with E-state index in [-0.39, 0.29) is 16.1 Å². The van der Waals surface area contributed by atoms with Crippen molar-refractivity contribution >= 4 is 19.7 Å². The molecule has 0 aromatic heterocycles. The molecule has 17 heavy (non-hydrogen) atoms. The highest BCUT2D eigenvalue weighted by Crippen LogP contribution is 2.46. The van der Waals surface area contributed by atoms with Crippen LogP contribution in [0.15, 0.2) is 17.0 Å². The van der Waals surface area contributed by atoms with Gasteiger partial charge in [0.15, 0.2) is 4.90 Å². The van der Waals surface area contributed by atoms with E-state index in [0.717, 1.165) is 5.56 Å². The van der Waals surface area contributed by atoms with Gasteiger partial charge in [-0.3, -0.25) is 0 Å². The Bertz CT molecular complexity index is 563. The van der Waals surface area contributed by atoms with Gasteiger partial charge in [0.2, 0.25) is 0 Å². The van der Waals surface area contributed by atoms with Gasteiger partial charge in [0, 0.05) is 21.7 Å². The monoisotopic (exact) mass is 276 g/mol. The number of ether oxygens (including phenoxy) is 2. The van der Waals surface area contributed by atoms with Crippen molar-refractivity contribution in [3.8, 4) is 11.5 Å². The third kappa shape index (κ3) is 1.98. The van der Waals surface area contributed by atoms with Crippen LogP contribution < -0.4 is 9.47 Å². The summed E-state index contributed by atoms with van der Waals surface area (Å²) >= 11 is 0. The molecular weight excluding hydrogens is 264 g/mol. The average Bonchev–Trinajstić information content (AvgIpc) is 2.52. The van der Waals surface area contributed by atoms with E-state index >= 15 is 0 Å². The van der Waals surface area contributed by atoms with Crippen molar-refractivity contribution in [2.45, 2.75) is 24.2 Å². The minimum Gasteiger partial charge on any atom is -0.495 e. The topological polar surface area (TPSA) is 52.6 Å². The number of benzene rings is 1. The summed E-state index contributed by atoms with van der Waals surface area (Å²) in [6.07, 6.45) is 0. The molecule has 4 nitrogen and oxygen atoms in total. The fourth-order valence-electron chi connectivity index (χ4n) is 1.94. The maximum atomic E-state index is 11.6. The van der Waals surface area contributed by atoms with Gasteiger partial charge in [-0.2, -0.15) is 0 Å². The standard InChI is InChI=1S/C11H13ClO4S/c1-11(2)6-16-9-7(11)4-5-8(15-3)10(9)17(12,13)14/h4-5H,6H2,1-3H3. The Morgan fingerprint density at radius 1 is 1.41 bits per heavy atom. The second-order valence-electron chi connectivity index (χ2n) is 4.58. The maximum Gasteiger partial charge on any atom is 0.268 e. The number of hydrogen-bond donors (Lipinski definition) is 0. The van der Waals surface area contributed by atoms with Gasteiger partial charge in [-0.1, -0.05) is 19.9 Å². The van der Waals surface area contributed by atoms with E-state index in [1.54, 1.807) is 6.07 Å². The molecule has 1 heterocycles. The Morgan fingerprint density at radius 3 is 2.59 bits per heavy atom. The predicted molar refractivity (Wildman–Crippen MR) is 64.6 cm³/mol. The van der Waals surface area contributed by atoms with Crippen LogP contribution in [-0.2, 0) is 14.5 Å². The summed E-state index contributed by atoms with van der Waals surface area (Å²) in [7, 11) is 2.93. The summed E-state index contributed by atoms with van der Waals surface area (Å²) in [6.45, 7) is 4.39. The Kier molecular flexibility index (Phi) is 2.78. The van der Waals surface area contributed by atoms with Crippen LogP contribution in [0.1, 0.15) is 19.4 Å². The second-order valence-corrected chi connectivity index (χ2v) is 7.09. The molecule has 1 aliphatic heterocycles. The quantitative estimate of drug-likeness (QED) is 0.778. The first-order chi connectivity index (χ1) is 7.77. The molecule has 1 aromatic rings. The van der Waals surface area contributed by atoms with Crippen LogP contribution in [0.2, 0.25) is 0 Å². The van der Waals surface area contributed by atoms with Crippen LogP contribution in [0.3, 0.4) is 0 Å². The van der Waals surface area contributed by atoms with Crippen LogP contribution in [0.4, 0.5) is 0 Å². The van der Waals surface area contributed by atoms with Crippen LogP contribution in [0, 0.1) is 0 Å². The number of hydrogen-bond acceptors (Lipinski definition) is 4. The molecular formula is C11H13ClO4S. The lowest BCUT2D eigenvalue weighted by atomic mass is 9.87. The van der Waals surface area contributed by atoms with Crippen molar-refractivity contribution in [3.63, 3.8) is 0 Å². The molecule has 0 saturated heterocycles. The summed E-state index contributed by atoms with van der Waals surface area (Å²) in [5.74, 6) is 0.515. The van der Waals surface area contributed by atoms with Gasteiger partial charge in [0.25, 0.3) is 9.05 Å². The van der Waals surface area contributed by atoms with Gasteiger partial charge < -0.3 is 9.47 Å². The minimum absolute atomic E-state index is 0.0789. The van der Waals surface area contributed by atoms with Gasteiger partial charge >= 0.3 is 0 Å². The summed E-state index contributed by atoms with van der Waals surface area (Å²) in [6, 6.07) is 3.41. The van der Waals surface area contributed by atoms with Gasteiger partial charge in [-0.05, 0) is 6.07 Å². The van der Waals surface area contributed by atoms with E-state index in [4.69, 9.17) is 20.2 Å². The van der Waals surface area contributed by atoms with E-state index in [1.807, 2.05) is 19.9 Å². The highest BCUT2D eigenvalue weighted by atomic mass is 35.7. The van der Waals surface area contributed by atoms with Crippen molar-refractivity contribution in [2.75, 3.05) is 13.7 Å². The van der Waals surface area contributed by atoms with Crippen LogP contribution >= 0.6 is 10.7 Å². The van der Waals surface area contributed by atoms with Gasteiger partial charge in [-0.25, -0.2) is 8.42 Å². The molecule has 0 amide bonds. The van der Waals surface area contributed by atoms with Crippen molar-refractivity contribution in [1.82, 2.24) is 0 Å². The molecule has 0 aliphatic carbocycles. The zero-order valence-corrected chi connectivity index (χ0v) is 11.4. The molecule has 0 N–H and O–H groups in total. The molecule has 0 saturated carbocycles. The highest BCUT2D eigenvalue weighted by Gasteiger charge is 2.37. The molecule has 6 heteroatoms. The summed E-state index contributed by atoms with van der Waals surface area (Å²) in [5, 5.41) is 0. The molecule has 1 aromatic carbocycles. The Hall–Kier alpha value is -0.940. The third-order valence-corrected chi connectivity index (χ3v) is 4.18. The van der Waals surface area contributed by atoms with E-state index in [9.17, 15) is 8.42 Å². The molecule has 1 aliphatic rings. The summed E-state index contributed by atoms with van der Waals surface area (Å²) in [4.78, 5) is -0.0789. The molecule has 0 fully saturated rings. The van der Waals surface area contributed by atoms with E-state index in [0.29, 0.717) is 12.4 Å². The predicted octanol–water partition coefficient (Wildman–Crippen LogP) is 2.29. The third-order valence-electron chi connectivity index (χ3n) is 2.85. The zero-order valence-electron chi connectivity index (χ0n) is 9.78. The molecule has 0 unspecified atom stereocenters. The van der Waals surface area contributed by atoms with E-state index < -0.39 is 9.05 Å². The SMILES string of the molecule is COc1ccc2c(c1S(=O)(=O)Cl)OCC2(C)C. The highest BCUT2D eigenvalue weighted by molar-refractivity contribution is 8.14. The van der Waals surface area contributed by atoms with Gasteiger partial charge in [-0.15, -0.1) is 0 Å². The van der Waals surface area contributed by atoms with Crippen LogP contribution in [0.25, 0.3) is 0 Å². The zero-order chi connectivity index (χ0) is 12.8. The average molecular weight is 277 g/mol. The first kappa shape index (κ1) is 12.5. The van der Waals surface area contributed by atoms with Crippen molar-refractivity contribution in [3.05, 3.63) is 17.7 Å². The fourth-order valence-corrected chi connectivity index (χ4v) is 3.16. The summed E-state index contributed by atoms with van der Waals surface area (Å²) < 4.78 is 33.7. The lowest BCUT2D eigenvalue weighted by Gasteiger charge is -2.15. The number of rotatable bonds is 2. The van der Waals surface area contributed by atoms with Crippen molar-refractivity contribution in [1.29, 1.82) is 0 Å². The Balaban J connectivity index is 2.78. The number of fused-ring (bicyclic) bond motifs is 1. The molecule has 0 atom stereocenters. The van der Waals surface area contributed by atoms with Crippen molar-refractivity contribution in [2.24, 2.45) is 0 Å². The van der Waals surface area contributed by atoms with Gasteiger partial charge in [0.1, 0.15) is 11.5 Å². The van der Waals surface area contributed by atoms with E-state index in [2.05, 4.69) is 0 Å². The molecule has 0 bridgehead atoms. The molecule has 94 valence electrons. The molecule has 0 spiro atoms. The molecule has 2 rings (SSSR count). The van der Waals surface area contributed by atoms with Crippen LogP contribution in [-0.4, -0.2) is 22.1 Å². The fraction of sp³-hybridized carbons (Fsp3) is 0.455. The second kappa shape index (κ2) is 3.78. The van der Waals surface area contributed by atoms with Crippen molar-refractivity contribution < 1.29 is 17.9 Å². The summed E-state index contributed by atoms with van der Waals surface area (Å²) in [5.41, 5.74) is 0.607. The number of halogens is 1. The van der Waals surface area contributed by atoms with Crippen LogP contribution in [0.5, 0.6) is 11.5 Å². The maximum absolute atomic E-state index is 11.6. The van der Waals surface area contributed by atoms with Gasteiger partial charge in [0.05, 0.1) is 13.7 Å². The minimum atomic E-state index is -3.90. The lowest BCUT2D eigenvalue weighted by molar-refractivity contribution is 0.284. The largest absolute Gasteiger partial charge is 0.495 e. The first-order valence-electron chi connectivity index (χ1n) is 5.06. The molecule has 0 radical (unpaired) electrons. The number of methoxy groups -OCH3 is 1. The lowest BCUT2D eigenvalue weighted by Crippen LogP contribution is -2.18. The normalized spacial score (nSPS) is 17.4. The first-order valence-corrected chi connectivity index (χ1v) is 7.37.